The van der Waals surface area contributed by atoms with Crippen molar-refractivity contribution in [1.82, 2.24) is 15.3 Å². The minimum Gasteiger partial charge on any atom is -0.476 e. The highest BCUT2D eigenvalue weighted by Gasteiger charge is 2.21. The quantitative estimate of drug-likeness (QED) is 0.803. The van der Waals surface area contributed by atoms with Gasteiger partial charge in [-0.1, -0.05) is 12.8 Å². The van der Waals surface area contributed by atoms with Gasteiger partial charge in [-0.3, -0.25) is 0 Å². The number of hydrogen-bond donors (Lipinski definition) is 2. The Hall–Kier alpha value is -1.07. The molecule has 2 N–H and O–H groups in total. The highest BCUT2D eigenvalue weighted by Crippen LogP contribution is 2.29. The normalized spacial score (nSPS) is 20.1. The maximum Gasteiger partial charge on any atom is 0.227 e. The second-order valence-electron chi connectivity index (χ2n) is 4.78. The smallest absolute Gasteiger partial charge is 0.227 e. The van der Waals surface area contributed by atoms with Crippen LogP contribution >= 0.6 is 11.6 Å². The fourth-order valence-electron chi connectivity index (χ4n) is 2.53. The van der Waals surface area contributed by atoms with Crippen LogP contribution in [0.2, 0.25) is 5.28 Å². The zero-order chi connectivity index (χ0) is 12.4. The maximum absolute atomic E-state index is 5.96. The molecular formula is C12H17ClN4O. The summed E-state index contributed by atoms with van der Waals surface area (Å²) in [5.41, 5.74) is 0.990. The van der Waals surface area contributed by atoms with Gasteiger partial charge in [0.1, 0.15) is 12.4 Å². The van der Waals surface area contributed by atoms with E-state index in [1.165, 1.54) is 25.7 Å². The van der Waals surface area contributed by atoms with E-state index < -0.39 is 0 Å². The van der Waals surface area contributed by atoms with Crippen molar-refractivity contribution in [3.05, 3.63) is 10.8 Å². The second kappa shape index (κ2) is 5.28. The van der Waals surface area contributed by atoms with Crippen LogP contribution < -0.4 is 15.4 Å². The van der Waals surface area contributed by atoms with E-state index in [1.807, 2.05) is 0 Å². The summed E-state index contributed by atoms with van der Waals surface area (Å²) in [6.45, 7) is 2.15. The minimum atomic E-state index is 0.246. The number of aromatic nitrogens is 2. The Morgan fingerprint density at radius 1 is 1.28 bits per heavy atom. The van der Waals surface area contributed by atoms with Gasteiger partial charge in [0, 0.05) is 19.1 Å². The number of nitrogens with zero attached hydrogens (tertiary/aromatic N) is 2. The molecule has 0 bridgehead atoms. The van der Waals surface area contributed by atoms with Gasteiger partial charge in [-0.15, -0.1) is 0 Å². The Bertz CT molecular complexity index is 434. The summed E-state index contributed by atoms with van der Waals surface area (Å²) in [4.78, 5) is 8.48. The van der Waals surface area contributed by atoms with E-state index in [2.05, 4.69) is 20.6 Å². The molecule has 0 unspecified atom stereocenters. The lowest BCUT2D eigenvalue weighted by Gasteiger charge is -2.16. The Kier molecular flexibility index (Phi) is 3.52. The molecule has 0 aromatic carbocycles. The number of nitrogens with one attached hydrogen (secondary N) is 2. The molecule has 1 fully saturated rings. The van der Waals surface area contributed by atoms with Gasteiger partial charge in [-0.2, -0.15) is 4.98 Å². The predicted octanol–water partition coefficient (Wildman–Crippen LogP) is 1.97. The van der Waals surface area contributed by atoms with Crippen LogP contribution in [0.5, 0.6) is 5.88 Å². The van der Waals surface area contributed by atoms with E-state index in [9.17, 15) is 0 Å². The van der Waals surface area contributed by atoms with E-state index >= 15 is 0 Å². The molecule has 1 aromatic heterocycles. The van der Waals surface area contributed by atoms with Gasteiger partial charge in [0.15, 0.2) is 0 Å². The maximum atomic E-state index is 5.96. The summed E-state index contributed by atoms with van der Waals surface area (Å²) in [5.74, 6) is 1.44. The Labute approximate surface area is 111 Å². The van der Waals surface area contributed by atoms with Crippen LogP contribution in [-0.2, 0) is 6.54 Å². The Balaban J connectivity index is 1.89. The average Bonchev–Trinajstić information content (AvgIpc) is 2.73. The van der Waals surface area contributed by atoms with Crippen LogP contribution in [0.15, 0.2) is 0 Å². The fourth-order valence-corrected chi connectivity index (χ4v) is 2.69. The highest BCUT2D eigenvalue weighted by atomic mass is 35.5. The Morgan fingerprint density at radius 2 is 2.11 bits per heavy atom. The van der Waals surface area contributed by atoms with Gasteiger partial charge >= 0.3 is 0 Å². The van der Waals surface area contributed by atoms with E-state index in [0.717, 1.165) is 24.5 Å². The fraction of sp³-hybridized carbons (Fsp3) is 0.667. The van der Waals surface area contributed by atoms with Gasteiger partial charge in [0.05, 0.1) is 5.56 Å². The summed E-state index contributed by atoms with van der Waals surface area (Å²) in [7, 11) is 0. The van der Waals surface area contributed by atoms with Crippen molar-refractivity contribution in [1.29, 1.82) is 0 Å². The van der Waals surface area contributed by atoms with Crippen molar-refractivity contribution in [2.75, 3.05) is 18.5 Å². The first kappa shape index (κ1) is 12.0. The Morgan fingerprint density at radius 3 is 2.94 bits per heavy atom. The number of anilines is 1. The zero-order valence-electron chi connectivity index (χ0n) is 10.2. The van der Waals surface area contributed by atoms with Crippen LogP contribution in [0, 0.1) is 0 Å². The number of fused-ring (bicyclic) bond motifs is 1. The van der Waals surface area contributed by atoms with Crippen LogP contribution in [0.1, 0.15) is 31.2 Å². The molecule has 1 aliphatic heterocycles. The first-order chi connectivity index (χ1) is 8.83. The van der Waals surface area contributed by atoms with Gasteiger partial charge in [0.2, 0.25) is 11.2 Å². The SMILES string of the molecule is Clc1nc(NC2CCCC2)c2c(n1)OCCNC2. The van der Waals surface area contributed by atoms with Crippen molar-refractivity contribution in [2.45, 2.75) is 38.3 Å². The van der Waals surface area contributed by atoms with Gasteiger partial charge in [-0.25, -0.2) is 4.98 Å². The van der Waals surface area contributed by atoms with Gasteiger partial charge < -0.3 is 15.4 Å². The number of halogens is 1. The van der Waals surface area contributed by atoms with Crippen molar-refractivity contribution in [3.8, 4) is 5.88 Å². The van der Waals surface area contributed by atoms with E-state index in [-0.39, 0.29) is 5.28 Å². The second-order valence-corrected chi connectivity index (χ2v) is 5.11. The van der Waals surface area contributed by atoms with E-state index in [0.29, 0.717) is 18.5 Å². The molecule has 5 nitrogen and oxygen atoms in total. The molecule has 0 amide bonds. The van der Waals surface area contributed by atoms with Gasteiger partial charge in [0.25, 0.3) is 0 Å². The molecule has 18 heavy (non-hydrogen) atoms. The lowest BCUT2D eigenvalue weighted by atomic mass is 10.2. The van der Waals surface area contributed by atoms with Crippen molar-refractivity contribution in [2.24, 2.45) is 0 Å². The standard InChI is InChI=1S/C12H17ClN4O/c13-12-16-10(15-8-3-1-2-4-8)9-7-14-5-6-18-11(9)17-12/h8,14H,1-7H2,(H,15,16,17). The summed E-state index contributed by atoms with van der Waals surface area (Å²) in [5, 5.41) is 7.03. The first-order valence-electron chi connectivity index (χ1n) is 6.49. The number of rotatable bonds is 2. The van der Waals surface area contributed by atoms with Crippen LogP contribution in [-0.4, -0.2) is 29.2 Å². The summed E-state index contributed by atoms with van der Waals surface area (Å²) in [6.07, 6.45) is 4.97. The summed E-state index contributed by atoms with van der Waals surface area (Å²) >= 11 is 5.96. The monoisotopic (exact) mass is 268 g/mol. The molecule has 0 radical (unpaired) electrons. The summed E-state index contributed by atoms with van der Waals surface area (Å²) in [6, 6.07) is 0.503. The molecular weight excluding hydrogens is 252 g/mol. The highest BCUT2D eigenvalue weighted by molar-refractivity contribution is 6.28. The molecule has 1 aromatic rings. The average molecular weight is 269 g/mol. The lowest BCUT2D eigenvalue weighted by molar-refractivity contribution is 0.313. The van der Waals surface area contributed by atoms with Gasteiger partial charge in [-0.05, 0) is 24.4 Å². The molecule has 2 aliphatic rings. The molecule has 0 atom stereocenters. The zero-order valence-corrected chi connectivity index (χ0v) is 11.0. The third-order valence-corrected chi connectivity index (χ3v) is 3.63. The largest absolute Gasteiger partial charge is 0.476 e. The number of ether oxygens (including phenoxy) is 1. The molecule has 98 valence electrons. The molecule has 0 spiro atoms. The molecule has 0 saturated heterocycles. The third kappa shape index (κ3) is 2.52. The van der Waals surface area contributed by atoms with Crippen molar-refractivity contribution in [3.63, 3.8) is 0 Å². The molecule has 6 heteroatoms. The van der Waals surface area contributed by atoms with E-state index in [4.69, 9.17) is 16.3 Å². The topological polar surface area (TPSA) is 59.1 Å². The molecule has 2 heterocycles. The third-order valence-electron chi connectivity index (χ3n) is 3.46. The van der Waals surface area contributed by atoms with Crippen molar-refractivity contribution >= 4 is 17.4 Å². The first-order valence-corrected chi connectivity index (χ1v) is 6.87. The van der Waals surface area contributed by atoms with Crippen LogP contribution in [0.3, 0.4) is 0 Å². The van der Waals surface area contributed by atoms with Crippen molar-refractivity contribution < 1.29 is 4.74 Å². The lowest BCUT2D eigenvalue weighted by Crippen LogP contribution is -2.20. The molecule has 3 rings (SSSR count). The van der Waals surface area contributed by atoms with Crippen LogP contribution in [0.4, 0.5) is 5.82 Å². The molecule has 1 saturated carbocycles. The summed E-state index contributed by atoms with van der Waals surface area (Å²) < 4.78 is 5.60. The predicted molar refractivity (Wildman–Crippen MR) is 70.1 cm³/mol. The van der Waals surface area contributed by atoms with Crippen LogP contribution in [0.25, 0.3) is 0 Å². The molecule has 1 aliphatic carbocycles. The van der Waals surface area contributed by atoms with E-state index in [1.54, 1.807) is 0 Å². The number of hydrogen-bond acceptors (Lipinski definition) is 5. The minimum absolute atomic E-state index is 0.246.